The van der Waals surface area contributed by atoms with E-state index in [1.165, 1.54) is 18.3 Å². The van der Waals surface area contributed by atoms with Gasteiger partial charge in [-0.25, -0.2) is 9.02 Å². The summed E-state index contributed by atoms with van der Waals surface area (Å²) in [5, 5.41) is 21.4. The second kappa shape index (κ2) is 9.68. The molecule has 0 spiro atoms. The minimum atomic E-state index is -0.873. The van der Waals surface area contributed by atoms with Gasteiger partial charge in [0.2, 0.25) is 0 Å². The molecular formula is C15H16ClFN4O5. The molecule has 0 aliphatic carbocycles. The fourth-order valence-corrected chi connectivity index (χ4v) is 1.93. The summed E-state index contributed by atoms with van der Waals surface area (Å²) in [5.74, 6) is -1.46. The molecule has 0 fully saturated rings. The Morgan fingerprint density at radius 3 is 2.88 bits per heavy atom. The number of hydrogen-bond acceptors (Lipinski definition) is 7. The van der Waals surface area contributed by atoms with Gasteiger partial charge in [-0.15, -0.1) is 0 Å². The van der Waals surface area contributed by atoms with Crippen LogP contribution in [-0.4, -0.2) is 53.0 Å². The van der Waals surface area contributed by atoms with Crippen molar-refractivity contribution in [3.8, 4) is 5.75 Å². The number of aliphatic hydroxyl groups is 1. The minimum absolute atomic E-state index is 0.0292. The summed E-state index contributed by atoms with van der Waals surface area (Å²) in [4.78, 5) is 23.2. The average Bonchev–Trinajstić information content (AvgIpc) is 3.15. The van der Waals surface area contributed by atoms with Gasteiger partial charge in [-0.05, 0) is 23.7 Å². The summed E-state index contributed by atoms with van der Waals surface area (Å²) >= 11 is 5.54. The smallest absolute Gasteiger partial charge is 0.275 e. The number of halogens is 2. The van der Waals surface area contributed by atoms with Crippen LogP contribution in [0.3, 0.4) is 0 Å². The van der Waals surface area contributed by atoms with E-state index in [2.05, 4.69) is 25.6 Å². The topological polar surface area (TPSA) is 127 Å². The van der Waals surface area contributed by atoms with Gasteiger partial charge in [-0.1, -0.05) is 16.8 Å². The number of rotatable bonds is 9. The van der Waals surface area contributed by atoms with Gasteiger partial charge >= 0.3 is 0 Å². The van der Waals surface area contributed by atoms with Crippen LogP contribution < -0.4 is 15.4 Å². The molecule has 140 valence electrons. The molecule has 1 heterocycles. The van der Waals surface area contributed by atoms with Gasteiger partial charge in [0.05, 0.1) is 11.1 Å². The zero-order valence-electron chi connectivity index (χ0n) is 13.4. The fourth-order valence-electron chi connectivity index (χ4n) is 1.81. The standard InChI is InChI=1S/C15H16ClFN4O5/c16-11-2-1-10(5-12(11)17)25-8-14(23)19-6-9(22)3-4-18-15(24)13-7-20-26-21-13/h1-2,5,7,9,22H,3-4,6,8H2,(H,18,24)(H,19,23). The summed E-state index contributed by atoms with van der Waals surface area (Å²) in [6.07, 6.45) is 0.502. The number of aliphatic hydroxyl groups excluding tert-OH is 1. The molecule has 1 unspecified atom stereocenters. The monoisotopic (exact) mass is 386 g/mol. The van der Waals surface area contributed by atoms with Crippen LogP contribution in [0.4, 0.5) is 4.39 Å². The van der Waals surface area contributed by atoms with Crippen LogP contribution in [0.25, 0.3) is 0 Å². The Bertz CT molecular complexity index is 744. The average molecular weight is 387 g/mol. The summed E-state index contributed by atoms with van der Waals surface area (Å²) in [6.45, 7) is -0.203. The van der Waals surface area contributed by atoms with Gasteiger partial charge in [0.25, 0.3) is 11.8 Å². The molecule has 1 aromatic carbocycles. The molecule has 2 rings (SSSR count). The minimum Gasteiger partial charge on any atom is -0.484 e. The molecular weight excluding hydrogens is 371 g/mol. The van der Waals surface area contributed by atoms with Crippen molar-refractivity contribution in [2.75, 3.05) is 19.7 Å². The quantitative estimate of drug-likeness (QED) is 0.574. The molecule has 1 atom stereocenters. The van der Waals surface area contributed by atoms with Gasteiger partial charge in [0, 0.05) is 19.2 Å². The summed E-state index contributed by atoms with van der Waals surface area (Å²) in [7, 11) is 0. The normalized spacial score (nSPS) is 11.7. The molecule has 2 aromatic rings. The van der Waals surface area contributed by atoms with E-state index in [0.29, 0.717) is 0 Å². The Labute approximate surface area is 152 Å². The Hall–Kier alpha value is -2.72. The molecule has 0 aliphatic heterocycles. The van der Waals surface area contributed by atoms with Crippen LogP contribution in [0.2, 0.25) is 5.02 Å². The number of nitrogens with zero attached hydrogens (tertiary/aromatic N) is 2. The lowest BCUT2D eigenvalue weighted by molar-refractivity contribution is -0.123. The van der Waals surface area contributed by atoms with Crippen molar-refractivity contribution >= 4 is 23.4 Å². The molecule has 0 radical (unpaired) electrons. The number of carbonyl (C=O) groups is 2. The first-order chi connectivity index (χ1) is 12.5. The lowest BCUT2D eigenvalue weighted by Crippen LogP contribution is -2.37. The van der Waals surface area contributed by atoms with Crippen molar-refractivity contribution in [1.82, 2.24) is 20.9 Å². The van der Waals surface area contributed by atoms with Crippen LogP contribution in [0, 0.1) is 5.82 Å². The van der Waals surface area contributed by atoms with E-state index in [9.17, 15) is 19.1 Å². The first-order valence-corrected chi connectivity index (χ1v) is 7.92. The molecule has 11 heteroatoms. The van der Waals surface area contributed by atoms with Crippen molar-refractivity contribution < 1.29 is 28.5 Å². The SMILES string of the molecule is O=C(COc1ccc(Cl)c(F)c1)NCC(O)CCNC(=O)c1cnon1. The molecule has 3 N–H and O–H groups in total. The van der Waals surface area contributed by atoms with Crippen molar-refractivity contribution in [2.24, 2.45) is 0 Å². The fraction of sp³-hybridized carbons (Fsp3) is 0.333. The van der Waals surface area contributed by atoms with E-state index in [1.54, 1.807) is 0 Å². The third kappa shape index (κ3) is 6.30. The number of carbonyl (C=O) groups excluding carboxylic acids is 2. The number of hydrogen-bond donors (Lipinski definition) is 3. The lowest BCUT2D eigenvalue weighted by Gasteiger charge is -2.12. The van der Waals surface area contributed by atoms with Gasteiger partial charge in [0.15, 0.2) is 12.3 Å². The van der Waals surface area contributed by atoms with Crippen LogP contribution in [-0.2, 0) is 4.79 Å². The maximum Gasteiger partial charge on any atom is 0.275 e. The zero-order chi connectivity index (χ0) is 18.9. The maximum absolute atomic E-state index is 13.2. The summed E-state index contributed by atoms with van der Waals surface area (Å²) in [5.41, 5.74) is 0.0311. The van der Waals surface area contributed by atoms with E-state index < -0.39 is 23.7 Å². The van der Waals surface area contributed by atoms with E-state index in [4.69, 9.17) is 16.3 Å². The number of nitrogens with one attached hydrogen (secondary N) is 2. The number of ether oxygens (including phenoxy) is 1. The van der Waals surface area contributed by atoms with Gasteiger partial charge in [0.1, 0.15) is 17.8 Å². The third-order valence-corrected chi connectivity index (χ3v) is 3.46. The highest BCUT2D eigenvalue weighted by Crippen LogP contribution is 2.20. The number of aromatic nitrogens is 2. The van der Waals surface area contributed by atoms with Crippen LogP contribution in [0.5, 0.6) is 5.75 Å². The van der Waals surface area contributed by atoms with Gasteiger partial charge < -0.3 is 20.5 Å². The zero-order valence-corrected chi connectivity index (χ0v) is 14.2. The van der Waals surface area contributed by atoms with Crippen LogP contribution in [0.15, 0.2) is 29.0 Å². The van der Waals surface area contributed by atoms with Crippen molar-refractivity contribution in [3.05, 3.63) is 40.9 Å². The molecule has 0 saturated carbocycles. The van der Waals surface area contributed by atoms with Crippen molar-refractivity contribution in [1.29, 1.82) is 0 Å². The Morgan fingerprint density at radius 1 is 1.38 bits per heavy atom. The summed E-state index contributed by atoms with van der Waals surface area (Å²) in [6, 6.07) is 3.81. The second-order valence-electron chi connectivity index (χ2n) is 5.16. The lowest BCUT2D eigenvalue weighted by atomic mass is 10.2. The van der Waals surface area contributed by atoms with Crippen LogP contribution in [0.1, 0.15) is 16.9 Å². The predicted molar refractivity (Wildman–Crippen MR) is 87.2 cm³/mol. The van der Waals surface area contributed by atoms with E-state index in [-0.39, 0.29) is 42.6 Å². The molecule has 2 amide bonds. The highest BCUT2D eigenvalue weighted by Gasteiger charge is 2.12. The predicted octanol–water partition coefficient (Wildman–Crippen LogP) is 0.538. The maximum atomic E-state index is 13.2. The number of amides is 2. The van der Waals surface area contributed by atoms with E-state index >= 15 is 0 Å². The highest BCUT2D eigenvalue weighted by molar-refractivity contribution is 6.30. The number of benzene rings is 1. The van der Waals surface area contributed by atoms with E-state index in [1.807, 2.05) is 0 Å². The molecule has 9 nitrogen and oxygen atoms in total. The van der Waals surface area contributed by atoms with E-state index in [0.717, 1.165) is 6.07 Å². The van der Waals surface area contributed by atoms with Gasteiger partial charge in [-0.3, -0.25) is 9.59 Å². The molecule has 0 aliphatic rings. The Kier molecular flexibility index (Phi) is 7.30. The third-order valence-electron chi connectivity index (χ3n) is 3.15. The van der Waals surface area contributed by atoms with Gasteiger partial charge in [-0.2, -0.15) is 0 Å². The first kappa shape index (κ1) is 19.6. The van der Waals surface area contributed by atoms with Crippen molar-refractivity contribution in [3.63, 3.8) is 0 Å². The summed E-state index contributed by atoms with van der Waals surface area (Å²) < 4.78 is 22.7. The molecule has 26 heavy (non-hydrogen) atoms. The molecule has 0 bridgehead atoms. The highest BCUT2D eigenvalue weighted by atomic mass is 35.5. The van der Waals surface area contributed by atoms with Crippen molar-refractivity contribution in [2.45, 2.75) is 12.5 Å². The Balaban J connectivity index is 1.60. The Morgan fingerprint density at radius 2 is 2.19 bits per heavy atom. The molecule has 0 saturated heterocycles. The van der Waals surface area contributed by atoms with Crippen LogP contribution >= 0.6 is 11.6 Å². The largest absolute Gasteiger partial charge is 0.484 e. The first-order valence-electron chi connectivity index (χ1n) is 7.54. The second-order valence-corrected chi connectivity index (χ2v) is 5.57. The molecule has 1 aromatic heterocycles.